The van der Waals surface area contributed by atoms with E-state index in [0.29, 0.717) is 11.5 Å². The van der Waals surface area contributed by atoms with Gasteiger partial charge < -0.3 is 9.47 Å². The third-order valence-electron chi connectivity index (χ3n) is 2.41. The fourth-order valence-electron chi connectivity index (χ4n) is 1.56. The first-order valence-corrected chi connectivity index (χ1v) is 5.90. The van der Waals surface area contributed by atoms with Crippen LogP contribution in [-0.4, -0.2) is 12.6 Å². The molecule has 0 atom stereocenters. The Morgan fingerprint density at radius 1 is 1.11 bits per heavy atom. The van der Waals surface area contributed by atoms with Gasteiger partial charge in [-0.3, -0.25) is 0 Å². The highest BCUT2D eigenvalue weighted by molar-refractivity contribution is 5.89. The first-order valence-electron chi connectivity index (χ1n) is 5.90. The van der Waals surface area contributed by atoms with Crippen molar-refractivity contribution in [3.05, 3.63) is 59.9 Å². The summed E-state index contributed by atoms with van der Waals surface area (Å²) in [7, 11) is 0. The molecule has 0 aliphatic rings. The molecule has 19 heavy (non-hydrogen) atoms. The van der Waals surface area contributed by atoms with Crippen molar-refractivity contribution in [1.29, 1.82) is 0 Å². The van der Waals surface area contributed by atoms with Crippen LogP contribution in [-0.2, 0) is 4.74 Å². The smallest absolute Gasteiger partial charge is 0.341 e. The van der Waals surface area contributed by atoms with Gasteiger partial charge in [-0.05, 0) is 31.2 Å². The molecule has 0 N–H and O–H groups in total. The van der Waals surface area contributed by atoms with Gasteiger partial charge in [-0.1, -0.05) is 18.2 Å². The van der Waals surface area contributed by atoms with Crippen LogP contribution < -0.4 is 4.74 Å². The summed E-state index contributed by atoms with van der Waals surface area (Å²) in [6.45, 7) is 1.88. The first-order chi connectivity index (χ1) is 9.20. The van der Waals surface area contributed by atoms with Crippen molar-refractivity contribution in [2.24, 2.45) is 0 Å². The molecule has 0 aliphatic carbocycles. The lowest BCUT2D eigenvalue weighted by Gasteiger charge is -2.07. The highest BCUT2D eigenvalue weighted by atomic mass is 19.1. The third kappa shape index (κ3) is 3.31. The summed E-state index contributed by atoms with van der Waals surface area (Å²) in [6, 6.07) is 13.1. The van der Waals surface area contributed by atoms with Crippen LogP contribution in [0.25, 0.3) is 0 Å². The van der Waals surface area contributed by atoms with Crippen molar-refractivity contribution in [1.82, 2.24) is 0 Å². The van der Waals surface area contributed by atoms with Gasteiger partial charge in [0.2, 0.25) is 0 Å². The summed E-state index contributed by atoms with van der Waals surface area (Å²) >= 11 is 0. The second-order valence-electron chi connectivity index (χ2n) is 3.78. The number of carbonyl (C=O) groups is 1. The fourth-order valence-corrected chi connectivity index (χ4v) is 1.56. The number of ether oxygens (including phenoxy) is 2. The molecule has 4 heteroatoms. The van der Waals surface area contributed by atoms with Crippen LogP contribution in [0.2, 0.25) is 0 Å². The molecule has 98 valence electrons. The maximum atomic E-state index is 13.7. The molecule has 0 aliphatic heterocycles. The highest BCUT2D eigenvalue weighted by Gasteiger charge is 2.13. The average Bonchev–Trinajstić information content (AvgIpc) is 2.40. The van der Waals surface area contributed by atoms with Crippen molar-refractivity contribution >= 4 is 5.97 Å². The lowest BCUT2D eigenvalue weighted by Crippen LogP contribution is -2.07. The Morgan fingerprint density at radius 2 is 1.84 bits per heavy atom. The van der Waals surface area contributed by atoms with Crippen LogP contribution in [0.3, 0.4) is 0 Å². The zero-order chi connectivity index (χ0) is 13.7. The number of halogens is 1. The van der Waals surface area contributed by atoms with Gasteiger partial charge in [-0.2, -0.15) is 0 Å². The largest absolute Gasteiger partial charge is 0.462 e. The Bertz CT molecular complexity index is 567. The van der Waals surface area contributed by atoms with Gasteiger partial charge in [-0.25, -0.2) is 9.18 Å². The van der Waals surface area contributed by atoms with E-state index in [1.54, 1.807) is 19.1 Å². The molecule has 2 aromatic rings. The van der Waals surface area contributed by atoms with Crippen LogP contribution in [0.4, 0.5) is 4.39 Å². The van der Waals surface area contributed by atoms with E-state index in [0.717, 1.165) is 0 Å². The van der Waals surface area contributed by atoms with Gasteiger partial charge in [0.05, 0.1) is 12.2 Å². The lowest BCUT2D eigenvalue weighted by molar-refractivity contribution is 0.0521. The predicted octanol–water partition coefficient (Wildman–Crippen LogP) is 3.79. The highest BCUT2D eigenvalue weighted by Crippen LogP contribution is 2.23. The molecule has 0 unspecified atom stereocenters. The van der Waals surface area contributed by atoms with Gasteiger partial charge in [0, 0.05) is 6.07 Å². The number of hydrogen-bond acceptors (Lipinski definition) is 3. The van der Waals surface area contributed by atoms with Crippen molar-refractivity contribution < 1.29 is 18.7 Å². The normalized spacial score (nSPS) is 10.0. The Hall–Kier alpha value is -2.36. The second-order valence-corrected chi connectivity index (χ2v) is 3.78. The van der Waals surface area contributed by atoms with Crippen LogP contribution in [0, 0.1) is 5.82 Å². The summed E-state index contributed by atoms with van der Waals surface area (Å²) in [4.78, 5) is 11.4. The van der Waals surface area contributed by atoms with E-state index in [-0.39, 0.29) is 12.2 Å². The van der Waals surface area contributed by atoms with Gasteiger partial charge in [0.1, 0.15) is 17.3 Å². The summed E-state index contributed by atoms with van der Waals surface area (Å²) < 4.78 is 24.0. The Balaban J connectivity index is 2.17. The molecule has 2 rings (SSSR count). The van der Waals surface area contributed by atoms with Gasteiger partial charge >= 0.3 is 5.97 Å². The summed E-state index contributed by atoms with van der Waals surface area (Å²) in [5.74, 6) is -0.402. The molecule has 0 saturated carbocycles. The number of rotatable bonds is 4. The Labute approximate surface area is 110 Å². The van der Waals surface area contributed by atoms with E-state index in [4.69, 9.17) is 9.47 Å². The molecule has 0 radical (unpaired) electrons. The molecule has 0 saturated heterocycles. The predicted molar refractivity (Wildman–Crippen MR) is 68.9 cm³/mol. The minimum atomic E-state index is -0.675. The lowest BCUT2D eigenvalue weighted by atomic mass is 10.2. The van der Waals surface area contributed by atoms with E-state index in [2.05, 4.69) is 0 Å². The SMILES string of the molecule is CCOC(=O)c1ccc(Oc2ccccc2)cc1F. The Morgan fingerprint density at radius 3 is 2.47 bits per heavy atom. The van der Waals surface area contributed by atoms with E-state index >= 15 is 0 Å². The van der Waals surface area contributed by atoms with Crippen LogP contribution in [0.1, 0.15) is 17.3 Å². The molecule has 0 amide bonds. The number of esters is 1. The van der Waals surface area contributed by atoms with E-state index in [1.165, 1.54) is 18.2 Å². The quantitative estimate of drug-likeness (QED) is 0.784. The van der Waals surface area contributed by atoms with Crippen molar-refractivity contribution in [2.75, 3.05) is 6.61 Å². The van der Waals surface area contributed by atoms with E-state index < -0.39 is 11.8 Å². The molecule has 0 bridgehead atoms. The number of carbonyl (C=O) groups excluding carboxylic acids is 1. The second kappa shape index (κ2) is 6.00. The molecule has 3 nitrogen and oxygen atoms in total. The molecular weight excluding hydrogens is 247 g/mol. The van der Waals surface area contributed by atoms with Crippen molar-refractivity contribution in [2.45, 2.75) is 6.92 Å². The summed E-state index contributed by atoms with van der Waals surface area (Å²) in [6.07, 6.45) is 0. The van der Waals surface area contributed by atoms with Crippen LogP contribution >= 0.6 is 0 Å². The molecule has 0 fully saturated rings. The number of para-hydroxylation sites is 1. The minimum Gasteiger partial charge on any atom is -0.462 e. The summed E-state index contributed by atoms with van der Waals surface area (Å²) in [5.41, 5.74) is -0.0951. The summed E-state index contributed by atoms with van der Waals surface area (Å²) in [5, 5.41) is 0. The maximum Gasteiger partial charge on any atom is 0.341 e. The number of benzene rings is 2. The zero-order valence-electron chi connectivity index (χ0n) is 10.4. The maximum absolute atomic E-state index is 13.7. The van der Waals surface area contributed by atoms with Gasteiger partial charge in [0.25, 0.3) is 0 Å². The topological polar surface area (TPSA) is 35.5 Å². The van der Waals surface area contributed by atoms with E-state index in [9.17, 15) is 9.18 Å². The van der Waals surface area contributed by atoms with Gasteiger partial charge in [-0.15, -0.1) is 0 Å². The van der Waals surface area contributed by atoms with E-state index in [1.807, 2.05) is 18.2 Å². The molecule has 2 aromatic carbocycles. The van der Waals surface area contributed by atoms with Crippen LogP contribution in [0.15, 0.2) is 48.5 Å². The Kier molecular flexibility index (Phi) is 4.13. The van der Waals surface area contributed by atoms with Crippen LogP contribution in [0.5, 0.6) is 11.5 Å². The van der Waals surface area contributed by atoms with Crippen molar-refractivity contribution in [3.63, 3.8) is 0 Å². The van der Waals surface area contributed by atoms with Gasteiger partial charge in [0.15, 0.2) is 0 Å². The number of hydrogen-bond donors (Lipinski definition) is 0. The average molecular weight is 260 g/mol. The molecule has 0 aromatic heterocycles. The van der Waals surface area contributed by atoms with Crippen molar-refractivity contribution in [3.8, 4) is 11.5 Å². The molecule has 0 spiro atoms. The molecular formula is C15H13FO3. The zero-order valence-corrected chi connectivity index (χ0v) is 10.4. The first kappa shape index (κ1) is 13.1. The minimum absolute atomic E-state index is 0.0951. The monoisotopic (exact) mass is 260 g/mol. The standard InChI is InChI=1S/C15H13FO3/c1-2-18-15(17)13-9-8-12(10-14(13)16)19-11-6-4-3-5-7-11/h3-10H,2H2,1H3. The molecule has 0 heterocycles. The third-order valence-corrected chi connectivity index (χ3v) is 2.41. The fraction of sp³-hybridized carbons (Fsp3) is 0.133.